The van der Waals surface area contributed by atoms with Crippen molar-refractivity contribution in [2.75, 3.05) is 36.0 Å². The summed E-state index contributed by atoms with van der Waals surface area (Å²) in [4.78, 5) is 20.2. The lowest BCUT2D eigenvalue weighted by molar-refractivity contribution is 0.246. The zero-order valence-electron chi connectivity index (χ0n) is 16.5. The molecule has 0 bridgehead atoms. The zero-order chi connectivity index (χ0) is 22.1. The van der Waals surface area contributed by atoms with E-state index in [9.17, 15) is 9.00 Å². The van der Waals surface area contributed by atoms with Gasteiger partial charge in [0.2, 0.25) is 5.28 Å². The van der Waals surface area contributed by atoms with Crippen LogP contribution >= 0.6 is 27.5 Å². The molecular weight excluding hydrogens is 494 g/mol. The summed E-state index contributed by atoms with van der Waals surface area (Å²) in [7, 11) is -3.05. The number of nitrogens with one attached hydrogen (secondary N) is 4. The Hall–Kier alpha value is -2.24. The molecule has 0 aliphatic rings. The largest absolute Gasteiger partial charge is 0.399 e. The van der Waals surface area contributed by atoms with Gasteiger partial charge in [-0.2, -0.15) is 4.98 Å². The van der Waals surface area contributed by atoms with Crippen LogP contribution in [0.1, 0.15) is 19.8 Å². The Bertz CT molecular complexity index is 988. The highest BCUT2D eigenvalue weighted by Crippen LogP contribution is 2.24. The number of carbonyl (C=O) groups excluding carboxylic acids is 1. The fourth-order valence-corrected chi connectivity index (χ4v) is 4.24. The van der Waals surface area contributed by atoms with Crippen molar-refractivity contribution >= 4 is 66.3 Å². The Morgan fingerprint density at radius 3 is 2.70 bits per heavy atom. The van der Waals surface area contributed by atoms with Gasteiger partial charge in [0.05, 0.1) is 24.8 Å². The van der Waals surface area contributed by atoms with Crippen LogP contribution in [0.15, 0.2) is 33.8 Å². The number of hydrogen-bond donors (Lipinski definition) is 5. The Morgan fingerprint density at radius 2 is 2.00 bits per heavy atom. The summed E-state index contributed by atoms with van der Waals surface area (Å²) in [5.74, 6) is 4.33. The maximum Gasteiger partial charge on any atom is 0.326 e. The Labute approximate surface area is 189 Å². The third-order valence-corrected chi connectivity index (χ3v) is 6.22. The van der Waals surface area contributed by atoms with Gasteiger partial charge in [0, 0.05) is 31.5 Å². The van der Waals surface area contributed by atoms with E-state index in [2.05, 4.69) is 52.4 Å². The molecule has 9 nitrogen and oxygen atoms in total. The van der Waals surface area contributed by atoms with Gasteiger partial charge in [-0.1, -0.05) is 0 Å². The summed E-state index contributed by atoms with van der Waals surface area (Å²) < 4.78 is 16.1. The van der Waals surface area contributed by atoms with E-state index in [1.165, 1.54) is 0 Å². The maximum absolute atomic E-state index is 13.0. The fourth-order valence-electron chi connectivity index (χ4n) is 2.52. The molecule has 1 atom stereocenters. The average molecular weight is 519 g/mol. The normalized spacial score (nSPS) is 12.6. The van der Waals surface area contributed by atoms with Crippen molar-refractivity contribution in [1.29, 1.82) is 0 Å². The van der Waals surface area contributed by atoms with E-state index in [-0.39, 0.29) is 5.28 Å². The number of anilines is 3. The lowest BCUT2D eigenvalue weighted by Crippen LogP contribution is -2.39. The number of aromatic nitrogens is 2. The van der Waals surface area contributed by atoms with Crippen LogP contribution in [0.3, 0.4) is 0 Å². The number of carbonyl (C=O) groups is 1. The van der Waals surface area contributed by atoms with Gasteiger partial charge >= 0.3 is 6.03 Å². The number of nitrogen functional groups attached to an aromatic ring is 1. The third kappa shape index (κ3) is 7.22. The van der Waals surface area contributed by atoms with Gasteiger partial charge < -0.3 is 21.7 Å². The van der Waals surface area contributed by atoms with Crippen LogP contribution in [0.5, 0.6) is 0 Å². The molecule has 164 valence electrons. The van der Waals surface area contributed by atoms with E-state index in [0.717, 1.165) is 17.3 Å². The zero-order valence-corrected chi connectivity index (χ0v) is 19.7. The second-order valence-electron chi connectivity index (χ2n) is 6.29. The van der Waals surface area contributed by atoms with Crippen molar-refractivity contribution in [3.05, 3.63) is 34.2 Å². The molecule has 1 aromatic heterocycles. The highest BCUT2D eigenvalue weighted by Gasteiger charge is 2.16. The fraction of sp³-hybridized carbons (Fsp3) is 0.333. The van der Waals surface area contributed by atoms with Gasteiger partial charge in [-0.05, 0) is 71.4 Å². The van der Waals surface area contributed by atoms with Crippen LogP contribution in [0.25, 0.3) is 0 Å². The summed E-state index contributed by atoms with van der Waals surface area (Å²) >= 11 is 9.16. The number of halogens is 2. The van der Waals surface area contributed by atoms with Crippen molar-refractivity contribution in [1.82, 2.24) is 20.0 Å². The summed E-state index contributed by atoms with van der Waals surface area (Å²) in [6, 6.07) is 4.37. The van der Waals surface area contributed by atoms with Crippen LogP contribution in [-0.2, 0) is 9.71 Å². The molecule has 12 heteroatoms. The lowest BCUT2D eigenvalue weighted by Gasteiger charge is -2.17. The van der Waals surface area contributed by atoms with Crippen LogP contribution in [0.4, 0.5) is 22.0 Å². The molecule has 0 spiro atoms. The summed E-state index contributed by atoms with van der Waals surface area (Å²) in [5.41, 5.74) is 6.96. The molecule has 30 heavy (non-hydrogen) atoms. The summed E-state index contributed by atoms with van der Waals surface area (Å²) in [5, 5.41) is 9.14. The molecule has 0 saturated carbocycles. The van der Waals surface area contributed by atoms with Gasteiger partial charge in [-0.3, -0.25) is 4.72 Å². The van der Waals surface area contributed by atoms with E-state index >= 15 is 0 Å². The van der Waals surface area contributed by atoms with Crippen LogP contribution in [0.2, 0.25) is 5.28 Å². The number of nitrogens with zero attached hydrogens (tertiary/aromatic N) is 2. The minimum atomic E-state index is -3.05. The first-order valence-electron chi connectivity index (χ1n) is 9.21. The molecule has 2 aromatic rings. The first-order valence-corrected chi connectivity index (χ1v) is 12.1. The molecule has 1 unspecified atom stereocenters. The lowest BCUT2D eigenvalue weighted by atomic mass is 10.2. The molecule has 1 aromatic carbocycles. The Kier molecular flexibility index (Phi) is 9.00. The number of hydrogen-bond acceptors (Lipinski definition) is 7. The van der Waals surface area contributed by atoms with Crippen LogP contribution < -0.4 is 26.4 Å². The highest BCUT2D eigenvalue weighted by molar-refractivity contribution is 9.10. The van der Waals surface area contributed by atoms with E-state index in [0.29, 0.717) is 41.7 Å². The molecule has 0 aliphatic heterocycles. The molecule has 1 heterocycles. The highest BCUT2D eigenvalue weighted by atomic mass is 79.9. The molecule has 0 radical (unpaired) electrons. The Balaban J connectivity index is 1.91. The van der Waals surface area contributed by atoms with Crippen LogP contribution in [0, 0.1) is 0 Å². The predicted molar refractivity (Wildman–Crippen MR) is 128 cm³/mol. The monoisotopic (exact) mass is 517 g/mol. The number of nitrogens with two attached hydrogens (primary N) is 1. The first kappa shape index (κ1) is 24.0. The molecule has 2 rings (SSSR count). The van der Waals surface area contributed by atoms with Gasteiger partial charge in [0.1, 0.15) is 5.82 Å². The quantitative estimate of drug-likeness (QED) is 0.141. The number of rotatable bonds is 10. The maximum atomic E-state index is 13.0. The van der Waals surface area contributed by atoms with Gasteiger partial charge in [0.15, 0.2) is 0 Å². The topological polar surface area (TPSA) is 134 Å². The molecule has 2 amide bonds. The Morgan fingerprint density at radius 1 is 1.30 bits per heavy atom. The molecule has 0 saturated heterocycles. The van der Waals surface area contributed by atoms with E-state index in [1.807, 2.05) is 0 Å². The SMILES string of the molecule is C=S(=O)(NC(=O)NCC)c1ccc(N)cc1NCCCCNc1nc(Cl)ncc1Br. The van der Waals surface area contributed by atoms with Gasteiger partial charge in [-0.25, -0.2) is 14.0 Å². The summed E-state index contributed by atoms with van der Waals surface area (Å²) in [6.07, 6.45) is 3.25. The van der Waals surface area contributed by atoms with Crippen molar-refractivity contribution in [3.63, 3.8) is 0 Å². The summed E-state index contributed by atoms with van der Waals surface area (Å²) in [6.45, 7) is 3.48. The first-order chi connectivity index (χ1) is 14.2. The molecule has 0 fully saturated rings. The van der Waals surface area contributed by atoms with Gasteiger partial charge in [0.25, 0.3) is 0 Å². The van der Waals surface area contributed by atoms with E-state index in [1.54, 1.807) is 31.3 Å². The number of amides is 2. The standard InChI is InChI=1S/C18H25BrClN7O2S/c1-3-22-18(28)27-30(2,29)15-7-6-12(21)10-14(15)23-8-4-5-9-24-16-13(19)11-25-17(20)26-16/h6-7,10-11,23H,2-5,8-9,21H2,1H3,(H,24,25,26)(H2,22,27,28,29). The molecule has 6 N–H and O–H groups in total. The second kappa shape index (κ2) is 11.2. The van der Waals surface area contributed by atoms with Crippen molar-refractivity contribution in [2.24, 2.45) is 0 Å². The second-order valence-corrected chi connectivity index (χ2v) is 9.48. The number of unbranched alkanes of at least 4 members (excludes halogenated alkanes) is 1. The number of benzene rings is 1. The predicted octanol–water partition coefficient (Wildman–Crippen LogP) is 3.09. The molecular formula is C18H25BrClN7O2S. The smallest absolute Gasteiger partial charge is 0.326 e. The van der Waals surface area contributed by atoms with Crippen molar-refractivity contribution in [2.45, 2.75) is 24.7 Å². The third-order valence-electron chi connectivity index (χ3n) is 3.88. The van der Waals surface area contributed by atoms with Crippen molar-refractivity contribution < 1.29 is 9.00 Å². The number of urea groups is 1. The average Bonchev–Trinajstić information content (AvgIpc) is 2.66. The minimum Gasteiger partial charge on any atom is -0.399 e. The van der Waals surface area contributed by atoms with Gasteiger partial charge in [-0.15, -0.1) is 0 Å². The van der Waals surface area contributed by atoms with Crippen LogP contribution in [-0.4, -0.2) is 45.7 Å². The van der Waals surface area contributed by atoms with E-state index in [4.69, 9.17) is 17.3 Å². The molecule has 0 aliphatic carbocycles. The van der Waals surface area contributed by atoms with E-state index < -0.39 is 15.7 Å². The van der Waals surface area contributed by atoms with Crippen molar-refractivity contribution in [3.8, 4) is 0 Å². The minimum absolute atomic E-state index is 0.176.